The zero-order valence-electron chi connectivity index (χ0n) is 39.8. The van der Waals surface area contributed by atoms with Crippen LogP contribution in [0.4, 0.5) is 0 Å². The molecule has 1 aliphatic carbocycles. The lowest BCUT2D eigenvalue weighted by atomic mass is 9.85. The highest BCUT2D eigenvalue weighted by Crippen LogP contribution is 2.49. The van der Waals surface area contributed by atoms with E-state index in [2.05, 4.69) is 42.7 Å². The number of hydrogen-bond acceptors (Lipinski definition) is 15. The van der Waals surface area contributed by atoms with Crippen LogP contribution in [0.5, 0.6) is 0 Å². The summed E-state index contributed by atoms with van der Waals surface area (Å²) in [6, 6.07) is 0. The predicted octanol–water partition coefficient (Wildman–Crippen LogP) is 7.23. The minimum atomic E-state index is -5.39. The molecule has 1 rings (SSSR count). The molecule has 0 aromatic carbocycles. The first kappa shape index (κ1) is 62.9. The van der Waals surface area contributed by atoms with E-state index in [1.54, 1.807) is 0 Å². The molecule has 390 valence electrons. The Morgan fingerprint density at radius 3 is 1.66 bits per heavy atom. The summed E-state index contributed by atoms with van der Waals surface area (Å²) in [5.41, 5.74) is 0. The maximum Gasteiger partial charge on any atom is 0.472 e. The largest absolute Gasteiger partial charge is 0.472 e. The number of hydrogen-bond donors (Lipinski definition) is 9. The number of carbonyl (C=O) groups excluding carboxylic acids is 2. The monoisotopic (exact) mass is 999 g/mol. The summed E-state index contributed by atoms with van der Waals surface area (Å²) in [5.74, 6) is -1.38. The van der Waals surface area contributed by atoms with Crippen molar-refractivity contribution in [3.05, 3.63) is 48.6 Å². The third kappa shape index (κ3) is 31.7. The number of ether oxygens (including phenoxy) is 2. The second kappa shape index (κ2) is 37.7. The third-order valence-electron chi connectivity index (χ3n) is 11.1. The van der Waals surface area contributed by atoms with Gasteiger partial charge >= 0.3 is 27.6 Å². The standard InChI is InChI=1S/C47H84O18P2/c1-3-5-7-9-11-12-13-14-15-16-17-18-19-20-21-25-29-33-40(50)61-35-37(36-62-67(59,60)65-47-44(54)42(52)43(53)46(45(47)55)64-66(56,57)58)63-41(51)34-30-26-22-24-28-32-39(49)38(48)31-27-23-10-8-6-4-2/h14-15,17-18,20-21,23,27,37-39,42-49,52-55H,3-13,16,19,22,24-26,28-36H2,1-2H3,(H,59,60)(H2,56,57,58)/b15-14-,18-17-,21-20-,27-23-/t37-,38+,39+,42?,43?,44?,45?,46-,47+/m1/s1. The van der Waals surface area contributed by atoms with Crippen molar-refractivity contribution in [1.29, 1.82) is 0 Å². The molecule has 1 fully saturated rings. The van der Waals surface area contributed by atoms with Gasteiger partial charge in [-0.25, -0.2) is 9.13 Å². The Bertz CT molecular complexity index is 1520. The van der Waals surface area contributed by atoms with Gasteiger partial charge in [0.15, 0.2) is 6.10 Å². The van der Waals surface area contributed by atoms with Gasteiger partial charge in [0.05, 0.1) is 18.8 Å². The molecule has 0 saturated heterocycles. The molecule has 0 bridgehead atoms. The van der Waals surface area contributed by atoms with Crippen molar-refractivity contribution in [3.8, 4) is 0 Å². The molecule has 67 heavy (non-hydrogen) atoms. The van der Waals surface area contributed by atoms with Gasteiger partial charge in [-0.1, -0.05) is 133 Å². The van der Waals surface area contributed by atoms with Gasteiger partial charge in [-0.15, -0.1) is 0 Å². The van der Waals surface area contributed by atoms with Crippen LogP contribution in [0.25, 0.3) is 0 Å². The molecule has 1 saturated carbocycles. The van der Waals surface area contributed by atoms with Gasteiger partial charge in [0.2, 0.25) is 0 Å². The summed E-state index contributed by atoms with van der Waals surface area (Å²) < 4.78 is 49.2. The molecule has 0 heterocycles. The van der Waals surface area contributed by atoms with E-state index in [-0.39, 0.29) is 12.8 Å². The number of aliphatic hydroxyl groups excluding tert-OH is 6. The quantitative estimate of drug-likeness (QED) is 0.0127. The molecule has 20 heteroatoms. The molecule has 0 radical (unpaired) electrons. The van der Waals surface area contributed by atoms with Crippen molar-refractivity contribution in [2.75, 3.05) is 13.2 Å². The first-order valence-electron chi connectivity index (χ1n) is 24.3. The van der Waals surface area contributed by atoms with Gasteiger partial charge in [-0.05, 0) is 70.6 Å². The van der Waals surface area contributed by atoms with Crippen molar-refractivity contribution in [2.45, 2.75) is 223 Å². The first-order valence-corrected chi connectivity index (χ1v) is 27.4. The average molecular weight is 999 g/mol. The minimum absolute atomic E-state index is 0.0162. The van der Waals surface area contributed by atoms with E-state index in [4.69, 9.17) is 18.5 Å². The Hall–Kier alpha value is -2.12. The normalized spacial score (nSPS) is 22.7. The van der Waals surface area contributed by atoms with Crippen molar-refractivity contribution < 1.29 is 87.1 Å². The SMILES string of the molecule is CCCCC/C=C\C[C@H](O)[C@@H](O)CCCCCCCC(=O)O[C@H](COC(=O)CCC/C=C\C/C=C\C/C=C\CCCCCCCC)COP(=O)(O)O[C@H]1C(O)C(O)C(O)[C@@H](OP(=O)(O)O)C1O. The van der Waals surface area contributed by atoms with Crippen LogP contribution in [-0.2, 0) is 41.8 Å². The number of aliphatic hydroxyl groups is 6. The van der Waals surface area contributed by atoms with Gasteiger partial charge in [0.25, 0.3) is 0 Å². The second-order valence-electron chi connectivity index (χ2n) is 17.1. The molecule has 0 aromatic heterocycles. The number of esters is 2. The van der Waals surface area contributed by atoms with E-state index < -0.39 is 95.7 Å². The van der Waals surface area contributed by atoms with E-state index in [1.165, 1.54) is 38.5 Å². The highest BCUT2D eigenvalue weighted by Gasteiger charge is 2.54. The summed E-state index contributed by atoms with van der Waals surface area (Å²) in [5, 5.41) is 61.8. The summed E-state index contributed by atoms with van der Waals surface area (Å²) >= 11 is 0. The van der Waals surface area contributed by atoms with E-state index in [1.807, 2.05) is 24.3 Å². The van der Waals surface area contributed by atoms with Crippen molar-refractivity contribution in [2.24, 2.45) is 0 Å². The Kier molecular flexibility index (Phi) is 35.4. The van der Waals surface area contributed by atoms with Crippen LogP contribution in [-0.4, -0.2) is 125 Å². The van der Waals surface area contributed by atoms with Crippen LogP contribution in [0.2, 0.25) is 0 Å². The van der Waals surface area contributed by atoms with E-state index in [9.17, 15) is 64.0 Å². The molecular weight excluding hydrogens is 914 g/mol. The first-order chi connectivity index (χ1) is 31.9. The molecule has 18 nitrogen and oxygen atoms in total. The van der Waals surface area contributed by atoms with Crippen molar-refractivity contribution in [1.82, 2.24) is 0 Å². The highest BCUT2D eigenvalue weighted by molar-refractivity contribution is 7.47. The smallest absolute Gasteiger partial charge is 0.462 e. The van der Waals surface area contributed by atoms with Gasteiger partial charge in [0, 0.05) is 12.8 Å². The predicted molar refractivity (Wildman–Crippen MR) is 253 cm³/mol. The van der Waals surface area contributed by atoms with E-state index in [0.717, 1.165) is 57.8 Å². The van der Waals surface area contributed by atoms with E-state index >= 15 is 0 Å². The van der Waals surface area contributed by atoms with Crippen LogP contribution in [0, 0.1) is 0 Å². The van der Waals surface area contributed by atoms with Crippen molar-refractivity contribution in [3.63, 3.8) is 0 Å². The fraction of sp³-hybridized carbons (Fsp3) is 0.787. The Labute approximate surface area is 398 Å². The number of phosphoric ester groups is 2. The third-order valence-corrected chi connectivity index (χ3v) is 12.6. The molecule has 0 aliphatic heterocycles. The van der Waals surface area contributed by atoms with Crippen LogP contribution < -0.4 is 0 Å². The van der Waals surface area contributed by atoms with Crippen LogP contribution >= 0.6 is 15.6 Å². The summed E-state index contributed by atoms with van der Waals surface area (Å²) in [4.78, 5) is 54.3. The Morgan fingerprint density at radius 2 is 1.03 bits per heavy atom. The molecule has 1 aliphatic rings. The zero-order valence-corrected chi connectivity index (χ0v) is 41.6. The maximum atomic E-state index is 13.0. The number of rotatable bonds is 40. The van der Waals surface area contributed by atoms with Gasteiger partial charge < -0.3 is 54.8 Å². The summed E-state index contributed by atoms with van der Waals surface area (Å²) in [7, 11) is -10.8. The summed E-state index contributed by atoms with van der Waals surface area (Å²) in [6.45, 7) is 2.87. The lowest BCUT2D eigenvalue weighted by Gasteiger charge is -2.43. The van der Waals surface area contributed by atoms with Gasteiger partial charge in [-0.3, -0.25) is 23.2 Å². The number of carbonyl (C=O) groups is 2. The number of phosphoric acid groups is 2. The average Bonchev–Trinajstić information content (AvgIpc) is 3.28. The Morgan fingerprint density at radius 1 is 0.537 bits per heavy atom. The molecular formula is C47H84O18P2. The van der Waals surface area contributed by atoms with Gasteiger partial charge in [-0.2, -0.15) is 0 Å². The zero-order chi connectivity index (χ0) is 49.9. The molecule has 10 atom stereocenters. The fourth-order valence-electron chi connectivity index (χ4n) is 7.12. The van der Waals surface area contributed by atoms with Gasteiger partial charge in [0.1, 0.15) is 43.2 Å². The second-order valence-corrected chi connectivity index (χ2v) is 19.7. The summed E-state index contributed by atoms with van der Waals surface area (Å²) in [6.07, 6.45) is 19.4. The Balaban J connectivity index is 2.67. The fourth-order valence-corrected chi connectivity index (χ4v) is 8.66. The maximum absolute atomic E-state index is 13.0. The number of unbranched alkanes of at least 4 members (excludes halogenated alkanes) is 14. The van der Waals surface area contributed by atoms with Crippen molar-refractivity contribution >= 4 is 27.6 Å². The number of allylic oxidation sites excluding steroid dienone is 7. The van der Waals surface area contributed by atoms with Crippen LogP contribution in [0.15, 0.2) is 48.6 Å². The molecule has 0 spiro atoms. The topological polar surface area (TPSA) is 296 Å². The molecule has 5 unspecified atom stereocenters. The molecule has 9 N–H and O–H groups in total. The lowest BCUT2D eigenvalue weighted by Crippen LogP contribution is -2.64. The molecule has 0 aromatic rings. The lowest BCUT2D eigenvalue weighted by molar-refractivity contribution is -0.216. The van der Waals surface area contributed by atoms with Crippen LogP contribution in [0.3, 0.4) is 0 Å². The highest BCUT2D eigenvalue weighted by atomic mass is 31.2. The molecule has 0 amide bonds. The minimum Gasteiger partial charge on any atom is -0.462 e. The van der Waals surface area contributed by atoms with Crippen LogP contribution in [0.1, 0.15) is 168 Å². The van der Waals surface area contributed by atoms with E-state index in [0.29, 0.717) is 44.9 Å².